The first-order chi connectivity index (χ1) is 19.3. The van der Waals surface area contributed by atoms with Crippen molar-refractivity contribution in [3.05, 3.63) is 94.6 Å². The Balaban J connectivity index is 1.86. The Labute approximate surface area is 236 Å². The number of hydrogen-bond donors (Lipinski definition) is 1. The van der Waals surface area contributed by atoms with E-state index in [1.165, 1.54) is 0 Å². The first-order valence-electron chi connectivity index (χ1n) is 13.4. The van der Waals surface area contributed by atoms with Crippen LogP contribution in [0.5, 0.6) is 17.2 Å². The fourth-order valence-corrected chi connectivity index (χ4v) is 5.34. The highest BCUT2D eigenvalue weighted by Gasteiger charge is 2.51. The molecule has 1 heterocycles. The van der Waals surface area contributed by atoms with Crippen LogP contribution in [0.25, 0.3) is 6.08 Å². The standard InChI is InChI=1S/C33H37NO6/c1-7-40-33(36)31-28(23-15-10-21(3)11-16-23)29(25(35)17-14-22-12-8-20(2)9-13-22)30(34-31)24-18-26(37-4)32(39-6)27(19-24)38-5/h8-19,28-31,34H,7H2,1-6H3/b17-14+/t28-,29-,30-,31-/m0/s1. The van der Waals surface area contributed by atoms with Crippen LogP contribution in [0.1, 0.15) is 46.7 Å². The van der Waals surface area contributed by atoms with Gasteiger partial charge in [-0.25, -0.2) is 0 Å². The molecule has 1 saturated heterocycles. The molecule has 40 heavy (non-hydrogen) atoms. The molecule has 0 aromatic heterocycles. The second-order valence-electron chi connectivity index (χ2n) is 9.94. The number of methoxy groups -OCH3 is 3. The summed E-state index contributed by atoms with van der Waals surface area (Å²) in [5.41, 5.74) is 4.77. The molecule has 7 heteroatoms. The Morgan fingerprint density at radius 2 is 1.40 bits per heavy atom. The third-order valence-electron chi connectivity index (χ3n) is 7.36. The topological polar surface area (TPSA) is 83.1 Å². The number of esters is 1. The van der Waals surface area contributed by atoms with E-state index in [0.29, 0.717) is 17.2 Å². The summed E-state index contributed by atoms with van der Waals surface area (Å²) in [5.74, 6) is -0.225. The van der Waals surface area contributed by atoms with Crippen LogP contribution in [0.4, 0.5) is 0 Å². The lowest BCUT2D eigenvalue weighted by Crippen LogP contribution is -2.37. The van der Waals surface area contributed by atoms with Gasteiger partial charge in [0, 0.05) is 12.0 Å². The Kier molecular flexibility index (Phi) is 9.27. The maximum Gasteiger partial charge on any atom is 0.323 e. The molecule has 7 nitrogen and oxygen atoms in total. The monoisotopic (exact) mass is 543 g/mol. The zero-order valence-corrected chi connectivity index (χ0v) is 23.9. The predicted molar refractivity (Wildman–Crippen MR) is 155 cm³/mol. The number of carbonyl (C=O) groups excluding carboxylic acids is 2. The number of ether oxygens (including phenoxy) is 4. The maximum atomic E-state index is 14.1. The minimum Gasteiger partial charge on any atom is -0.493 e. The molecule has 0 spiro atoms. The van der Waals surface area contributed by atoms with Gasteiger partial charge >= 0.3 is 5.97 Å². The number of hydrogen-bond acceptors (Lipinski definition) is 7. The normalized spacial score (nSPS) is 20.4. The number of nitrogens with one attached hydrogen (secondary N) is 1. The van der Waals surface area contributed by atoms with Gasteiger partial charge in [0.25, 0.3) is 0 Å². The third kappa shape index (κ3) is 6.05. The molecule has 0 amide bonds. The van der Waals surface area contributed by atoms with Gasteiger partial charge in [-0.1, -0.05) is 65.7 Å². The van der Waals surface area contributed by atoms with Crippen LogP contribution in [0, 0.1) is 19.8 Å². The van der Waals surface area contributed by atoms with E-state index in [1.54, 1.807) is 34.3 Å². The average Bonchev–Trinajstić information content (AvgIpc) is 3.37. The Hall–Kier alpha value is -4.10. The highest BCUT2D eigenvalue weighted by molar-refractivity contribution is 5.98. The number of allylic oxidation sites excluding steroid dienone is 1. The van der Waals surface area contributed by atoms with Crippen molar-refractivity contribution in [2.24, 2.45) is 5.92 Å². The van der Waals surface area contributed by atoms with Crippen molar-refractivity contribution in [2.45, 2.75) is 38.8 Å². The quantitative estimate of drug-likeness (QED) is 0.264. The SMILES string of the molecule is CCOC(=O)[C@H]1N[C@@H](c2cc(OC)c(OC)c(OC)c2)[C@@H](C(=O)/C=C/c2ccc(C)cc2)[C@@H]1c1ccc(C)cc1. The van der Waals surface area contributed by atoms with E-state index in [9.17, 15) is 9.59 Å². The molecule has 210 valence electrons. The summed E-state index contributed by atoms with van der Waals surface area (Å²) in [6.07, 6.45) is 3.43. The zero-order valence-electron chi connectivity index (χ0n) is 23.9. The molecule has 1 aliphatic rings. The fraction of sp³-hybridized carbons (Fsp3) is 0.333. The van der Waals surface area contributed by atoms with Gasteiger partial charge in [-0.2, -0.15) is 0 Å². The minimum absolute atomic E-state index is 0.107. The van der Waals surface area contributed by atoms with Gasteiger partial charge in [0.15, 0.2) is 17.3 Å². The van der Waals surface area contributed by atoms with E-state index in [1.807, 2.05) is 80.6 Å². The highest BCUT2D eigenvalue weighted by atomic mass is 16.5. The van der Waals surface area contributed by atoms with E-state index in [2.05, 4.69) is 5.32 Å². The summed E-state index contributed by atoms with van der Waals surface area (Å²) in [6.45, 7) is 6.04. The summed E-state index contributed by atoms with van der Waals surface area (Å²) in [5, 5.41) is 3.45. The number of rotatable bonds is 10. The van der Waals surface area contributed by atoms with Crippen LogP contribution in [0.15, 0.2) is 66.7 Å². The molecule has 4 rings (SSSR count). The highest BCUT2D eigenvalue weighted by Crippen LogP contribution is 2.48. The van der Waals surface area contributed by atoms with Crippen molar-refractivity contribution in [1.29, 1.82) is 0 Å². The first kappa shape index (κ1) is 28.9. The molecular formula is C33H37NO6. The van der Waals surface area contributed by atoms with Gasteiger partial charge < -0.3 is 18.9 Å². The van der Waals surface area contributed by atoms with Crippen molar-refractivity contribution in [2.75, 3.05) is 27.9 Å². The molecule has 1 aliphatic heterocycles. The molecular weight excluding hydrogens is 506 g/mol. The van der Waals surface area contributed by atoms with Crippen LogP contribution < -0.4 is 19.5 Å². The summed E-state index contributed by atoms with van der Waals surface area (Å²) in [6, 6.07) is 18.3. The lowest BCUT2D eigenvalue weighted by molar-refractivity contribution is -0.145. The maximum absolute atomic E-state index is 14.1. The van der Waals surface area contributed by atoms with Gasteiger partial charge in [0.1, 0.15) is 6.04 Å². The molecule has 3 aromatic rings. The molecule has 0 bridgehead atoms. The molecule has 0 radical (unpaired) electrons. The van der Waals surface area contributed by atoms with E-state index in [4.69, 9.17) is 18.9 Å². The average molecular weight is 544 g/mol. The molecule has 0 aliphatic carbocycles. The smallest absolute Gasteiger partial charge is 0.323 e. The van der Waals surface area contributed by atoms with Crippen molar-refractivity contribution >= 4 is 17.8 Å². The van der Waals surface area contributed by atoms with E-state index >= 15 is 0 Å². The molecule has 0 unspecified atom stereocenters. The van der Waals surface area contributed by atoms with Gasteiger partial charge in [-0.05, 0) is 55.7 Å². The molecule has 1 N–H and O–H groups in total. The number of aryl methyl sites for hydroxylation is 2. The van der Waals surface area contributed by atoms with Crippen LogP contribution in [-0.4, -0.2) is 45.7 Å². The lowest BCUT2D eigenvalue weighted by atomic mass is 9.77. The zero-order chi connectivity index (χ0) is 28.8. The van der Waals surface area contributed by atoms with E-state index in [0.717, 1.165) is 27.8 Å². The van der Waals surface area contributed by atoms with E-state index in [-0.39, 0.29) is 12.4 Å². The molecule has 1 fully saturated rings. The van der Waals surface area contributed by atoms with Crippen molar-refractivity contribution in [3.8, 4) is 17.2 Å². The summed E-state index contributed by atoms with van der Waals surface area (Å²) in [4.78, 5) is 27.4. The van der Waals surface area contributed by atoms with Crippen LogP contribution in [0.3, 0.4) is 0 Å². The molecule has 0 saturated carbocycles. The second kappa shape index (κ2) is 12.8. The summed E-state index contributed by atoms with van der Waals surface area (Å²) in [7, 11) is 4.64. The van der Waals surface area contributed by atoms with Crippen molar-refractivity contribution in [1.82, 2.24) is 5.32 Å². The predicted octanol–water partition coefficient (Wildman–Crippen LogP) is 5.59. The largest absolute Gasteiger partial charge is 0.493 e. The Morgan fingerprint density at radius 1 is 0.825 bits per heavy atom. The Bertz CT molecular complexity index is 1340. The minimum atomic E-state index is -0.742. The molecule has 4 atom stereocenters. The van der Waals surface area contributed by atoms with Gasteiger partial charge in [-0.15, -0.1) is 0 Å². The number of carbonyl (C=O) groups is 2. The van der Waals surface area contributed by atoms with Crippen LogP contribution >= 0.6 is 0 Å². The van der Waals surface area contributed by atoms with Gasteiger partial charge in [0.2, 0.25) is 5.75 Å². The van der Waals surface area contributed by atoms with Gasteiger partial charge in [0.05, 0.1) is 33.9 Å². The molecule has 3 aromatic carbocycles. The first-order valence-corrected chi connectivity index (χ1v) is 13.4. The summed E-state index contributed by atoms with van der Waals surface area (Å²) >= 11 is 0. The van der Waals surface area contributed by atoms with E-state index < -0.39 is 29.9 Å². The Morgan fingerprint density at radius 3 is 1.93 bits per heavy atom. The fourth-order valence-electron chi connectivity index (χ4n) is 5.34. The second-order valence-corrected chi connectivity index (χ2v) is 9.94. The number of ketones is 1. The summed E-state index contributed by atoms with van der Waals surface area (Å²) < 4.78 is 22.2. The third-order valence-corrected chi connectivity index (χ3v) is 7.36. The van der Waals surface area contributed by atoms with Crippen LogP contribution in [0.2, 0.25) is 0 Å². The van der Waals surface area contributed by atoms with Crippen LogP contribution in [-0.2, 0) is 14.3 Å². The lowest BCUT2D eigenvalue weighted by Gasteiger charge is -2.25. The van der Waals surface area contributed by atoms with Crippen molar-refractivity contribution < 1.29 is 28.5 Å². The number of benzene rings is 3. The van der Waals surface area contributed by atoms with Crippen molar-refractivity contribution in [3.63, 3.8) is 0 Å². The van der Waals surface area contributed by atoms with Gasteiger partial charge in [-0.3, -0.25) is 14.9 Å².